The lowest BCUT2D eigenvalue weighted by atomic mass is 9.99. The van der Waals surface area contributed by atoms with Gasteiger partial charge in [-0.2, -0.15) is 0 Å². The number of ether oxygens (including phenoxy) is 1. The first-order valence-electron chi connectivity index (χ1n) is 13.3. The molecule has 0 fully saturated rings. The van der Waals surface area contributed by atoms with E-state index in [4.69, 9.17) is 27.9 Å². The van der Waals surface area contributed by atoms with E-state index in [1.54, 1.807) is 29.2 Å². The molecule has 2 N–H and O–H groups in total. The van der Waals surface area contributed by atoms with Crippen molar-refractivity contribution in [3.05, 3.63) is 93.5 Å². The minimum Gasteiger partial charge on any atom is -0.488 e. The highest BCUT2D eigenvalue weighted by Crippen LogP contribution is 2.31. The Morgan fingerprint density at radius 1 is 1.10 bits per heavy atom. The zero-order valence-electron chi connectivity index (χ0n) is 22.9. The summed E-state index contributed by atoms with van der Waals surface area (Å²) in [5, 5.41) is 13.8. The predicted octanol–water partition coefficient (Wildman–Crippen LogP) is 5.53. The molecule has 4 rings (SSSR count). The van der Waals surface area contributed by atoms with Gasteiger partial charge in [0.15, 0.2) is 0 Å². The van der Waals surface area contributed by atoms with Crippen molar-refractivity contribution in [2.45, 2.75) is 39.0 Å². The summed E-state index contributed by atoms with van der Waals surface area (Å²) in [6, 6.07) is 19.8. The van der Waals surface area contributed by atoms with E-state index in [2.05, 4.69) is 10.2 Å². The van der Waals surface area contributed by atoms with Crippen molar-refractivity contribution in [2.24, 2.45) is 5.92 Å². The van der Waals surface area contributed by atoms with E-state index in [9.17, 15) is 14.7 Å². The number of nitrogens with zero attached hydrogens (tertiary/aromatic N) is 2. The monoisotopic (exact) mass is 583 g/mol. The van der Waals surface area contributed by atoms with Crippen LogP contribution in [0, 0.1) is 5.92 Å². The quantitative estimate of drug-likeness (QED) is 0.346. The van der Waals surface area contributed by atoms with Crippen LogP contribution in [0.1, 0.15) is 35.3 Å². The average molecular weight is 585 g/mol. The number of rotatable bonds is 9. The summed E-state index contributed by atoms with van der Waals surface area (Å²) in [6.07, 6.45) is -0.0209. The Labute approximate surface area is 245 Å². The van der Waals surface area contributed by atoms with Crippen molar-refractivity contribution in [1.82, 2.24) is 9.80 Å². The van der Waals surface area contributed by atoms with Gasteiger partial charge in [0.25, 0.3) is 5.91 Å². The number of hydrogen-bond acceptors (Lipinski definition) is 5. The minimum atomic E-state index is -0.383. The number of anilines is 1. The van der Waals surface area contributed by atoms with Crippen LogP contribution >= 0.6 is 23.2 Å². The lowest BCUT2D eigenvalue weighted by molar-refractivity contribution is -0.115. The van der Waals surface area contributed by atoms with Gasteiger partial charge in [-0.3, -0.25) is 14.5 Å². The maximum Gasteiger partial charge on any atom is 0.258 e. The number of amides is 2. The number of nitrogens with one attached hydrogen (secondary N) is 1. The number of halogens is 2. The molecule has 1 aliphatic heterocycles. The van der Waals surface area contributed by atoms with Crippen molar-refractivity contribution in [3.8, 4) is 5.75 Å². The Bertz CT molecular complexity index is 1340. The summed E-state index contributed by atoms with van der Waals surface area (Å²) in [6.45, 7) is 5.35. The number of fused-ring (bicyclic) bond motifs is 1. The van der Waals surface area contributed by atoms with Crippen LogP contribution in [0.5, 0.6) is 5.75 Å². The second kappa shape index (κ2) is 13.5. The van der Waals surface area contributed by atoms with Crippen LogP contribution < -0.4 is 10.1 Å². The van der Waals surface area contributed by atoms with Crippen molar-refractivity contribution in [2.75, 3.05) is 32.1 Å². The summed E-state index contributed by atoms with van der Waals surface area (Å²) in [5.74, 6) is -0.000155. The van der Waals surface area contributed by atoms with Crippen molar-refractivity contribution < 1.29 is 19.4 Å². The molecule has 0 spiro atoms. The van der Waals surface area contributed by atoms with Gasteiger partial charge >= 0.3 is 0 Å². The Kier molecular flexibility index (Phi) is 10.1. The normalized spacial score (nSPS) is 18.0. The SMILES string of the molecule is C[C@H](CO)N1C[C@H](C)[C@H](CN(C)Cc2ccc(Cl)c(Cl)c2)Oc2ccc(NC(=O)Cc3ccccc3)cc2C1=O. The molecular formula is C31H35Cl2N3O4. The van der Waals surface area contributed by atoms with Crippen LogP contribution in [0.25, 0.3) is 0 Å². The van der Waals surface area contributed by atoms with Gasteiger partial charge in [0.05, 0.1) is 34.7 Å². The second-order valence-corrected chi connectivity index (χ2v) is 11.3. The summed E-state index contributed by atoms with van der Waals surface area (Å²) in [4.78, 5) is 30.2. The van der Waals surface area contributed by atoms with Gasteiger partial charge in [0, 0.05) is 31.2 Å². The molecule has 1 aliphatic rings. The number of benzene rings is 3. The molecule has 0 radical (unpaired) electrons. The molecule has 0 aromatic heterocycles. The van der Waals surface area contributed by atoms with Crippen molar-refractivity contribution in [3.63, 3.8) is 0 Å². The second-order valence-electron chi connectivity index (χ2n) is 10.5. The third kappa shape index (κ3) is 7.55. The van der Waals surface area contributed by atoms with Crippen molar-refractivity contribution >= 4 is 40.7 Å². The highest BCUT2D eigenvalue weighted by Gasteiger charge is 2.33. The number of carbonyl (C=O) groups excluding carboxylic acids is 2. The fraction of sp³-hybridized carbons (Fsp3) is 0.355. The molecule has 2 amide bonds. The molecule has 40 heavy (non-hydrogen) atoms. The van der Waals surface area contributed by atoms with Gasteiger partial charge in [0.1, 0.15) is 11.9 Å². The van der Waals surface area contributed by atoms with Gasteiger partial charge < -0.3 is 20.1 Å². The predicted molar refractivity (Wildman–Crippen MR) is 159 cm³/mol. The van der Waals surface area contributed by atoms with Crippen LogP contribution in [-0.4, -0.2) is 65.6 Å². The Morgan fingerprint density at radius 2 is 1.85 bits per heavy atom. The van der Waals surface area contributed by atoms with Crippen LogP contribution in [0.3, 0.4) is 0 Å². The molecule has 0 saturated carbocycles. The van der Waals surface area contributed by atoms with E-state index < -0.39 is 0 Å². The van der Waals surface area contributed by atoms with E-state index in [-0.39, 0.29) is 42.9 Å². The maximum absolute atomic E-state index is 13.7. The van der Waals surface area contributed by atoms with E-state index in [0.29, 0.717) is 46.7 Å². The molecule has 212 valence electrons. The lowest BCUT2D eigenvalue weighted by Gasteiger charge is -2.38. The molecule has 7 nitrogen and oxygen atoms in total. The molecule has 3 aromatic carbocycles. The molecule has 0 saturated heterocycles. The first kappa shape index (κ1) is 29.9. The van der Waals surface area contributed by atoms with Gasteiger partial charge in [-0.1, -0.05) is 66.5 Å². The van der Waals surface area contributed by atoms with Crippen molar-refractivity contribution in [1.29, 1.82) is 0 Å². The van der Waals surface area contributed by atoms with Crippen LogP contribution in [0.2, 0.25) is 10.0 Å². The van der Waals surface area contributed by atoms with Gasteiger partial charge in [-0.25, -0.2) is 0 Å². The van der Waals surface area contributed by atoms with Gasteiger partial charge in [-0.15, -0.1) is 0 Å². The van der Waals surface area contributed by atoms with Crippen LogP contribution in [0.4, 0.5) is 5.69 Å². The largest absolute Gasteiger partial charge is 0.488 e. The Balaban J connectivity index is 1.56. The Hall–Kier alpha value is -3.10. The number of hydrogen-bond donors (Lipinski definition) is 2. The minimum absolute atomic E-state index is 0.0207. The van der Waals surface area contributed by atoms with E-state index in [1.165, 1.54) is 0 Å². The Morgan fingerprint density at radius 3 is 2.55 bits per heavy atom. The van der Waals surface area contributed by atoms with Crippen LogP contribution in [0.15, 0.2) is 66.7 Å². The number of aliphatic hydroxyl groups excluding tert-OH is 1. The molecule has 9 heteroatoms. The lowest BCUT2D eigenvalue weighted by Crippen LogP contribution is -2.49. The standard InChI is InChI=1S/C31H35Cl2N3O4/c1-20-16-36(21(2)19-37)31(39)25-15-24(34-30(38)14-22-7-5-4-6-8-22)10-12-28(25)40-29(20)18-35(3)17-23-9-11-26(32)27(33)13-23/h4-13,15,20-21,29,37H,14,16-19H2,1-3H3,(H,34,38)/t20-,21+,29-/m0/s1. The smallest absolute Gasteiger partial charge is 0.258 e. The molecule has 1 heterocycles. The maximum atomic E-state index is 13.7. The van der Waals surface area contributed by atoms with Crippen LogP contribution in [-0.2, 0) is 17.8 Å². The zero-order valence-corrected chi connectivity index (χ0v) is 24.5. The van der Waals surface area contributed by atoms with Gasteiger partial charge in [-0.05, 0) is 55.4 Å². The van der Waals surface area contributed by atoms with E-state index in [0.717, 1.165) is 11.1 Å². The fourth-order valence-corrected chi connectivity index (χ4v) is 5.15. The number of carbonyl (C=O) groups is 2. The molecule has 0 unspecified atom stereocenters. The third-order valence-corrected chi connectivity index (χ3v) is 7.82. The van der Waals surface area contributed by atoms with E-state index >= 15 is 0 Å². The summed E-state index contributed by atoms with van der Waals surface area (Å²) >= 11 is 12.3. The molecular weight excluding hydrogens is 549 g/mol. The number of likely N-dealkylation sites (N-methyl/N-ethyl adjacent to an activating group) is 1. The summed E-state index contributed by atoms with van der Waals surface area (Å²) in [7, 11) is 2.00. The topological polar surface area (TPSA) is 82.1 Å². The van der Waals surface area contributed by atoms with Gasteiger partial charge in [0.2, 0.25) is 5.91 Å². The molecule has 0 bridgehead atoms. The first-order valence-corrected chi connectivity index (χ1v) is 14.1. The molecule has 3 aromatic rings. The first-order chi connectivity index (χ1) is 19.1. The molecule has 0 aliphatic carbocycles. The summed E-state index contributed by atoms with van der Waals surface area (Å²) in [5.41, 5.74) is 2.78. The number of aliphatic hydroxyl groups is 1. The summed E-state index contributed by atoms with van der Waals surface area (Å²) < 4.78 is 6.48. The third-order valence-electron chi connectivity index (χ3n) is 7.08. The average Bonchev–Trinajstić information content (AvgIpc) is 2.93. The molecule has 3 atom stereocenters. The fourth-order valence-electron chi connectivity index (χ4n) is 4.83. The highest BCUT2D eigenvalue weighted by atomic mass is 35.5. The van der Waals surface area contributed by atoms with E-state index in [1.807, 2.05) is 63.4 Å². The zero-order chi connectivity index (χ0) is 28.8. The highest BCUT2D eigenvalue weighted by molar-refractivity contribution is 6.42.